The minimum Gasteiger partial charge on any atom is -0.366 e. The summed E-state index contributed by atoms with van der Waals surface area (Å²) in [5.74, 6) is -0.673. The summed E-state index contributed by atoms with van der Waals surface area (Å²) >= 11 is 0. The van der Waals surface area contributed by atoms with E-state index in [0.717, 1.165) is 0 Å². The topological polar surface area (TPSA) is 79.8 Å². The smallest absolute Gasteiger partial charge is 0.178 e. The number of piperazine rings is 1. The lowest BCUT2D eigenvalue weighted by Crippen LogP contribution is -2.47. The third-order valence-electron chi connectivity index (χ3n) is 4.88. The Morgan fingerprint density at radius 3 is 2.04 bits per heavy atom. The van der Waals surface area contributed by atoms with E-state index in [2.05, 4.69) is 4.98 Å². The van der Waals surface area contributed by atoms with Crippen molar-refractivity contribution in [3.63, 3.8) is 0 Å². The molecule has 1 aliphatic heterocycles. The largest absolute Gasteiger partial charge is 0.366 e. The molecule has 138 valence electrons. The van der Waals surface area contributed by atoms with Crippen molar-refractivity contribution in [3.05, 3.63) is 60.0 Å². The molecule has 4 rings (SSSR count). The number of nitriles is 2. The SMILES string of the molecule is N#CC(C#N)c1nc2ccccc2nc1N1CCN(c2ccccc2F)CC1. The molecule has 2 heterocycles. The van der Waals surface area contributed by atoms with E-state index in [4.69, 9.17) is 4.98 Å². The summed E-state index contributed by atoms with van der Waals surface area (Å²) in [5, 5.41) is 18.8. The molecule has 0 amide bonds. The van der Waals surface area contributed by atoms with E-state index in [1.54, 1.807) is 12.1 Å². The average molecular weight is 372 g/mol. The predicted octanol–water partition coefficient (Wildman–Crippen LogP) is 3.23. The first kappa shape index (κ1) is 17.7. The fourth-order valence-corrected chi connectivity index (χ4v) is 3.45. The summed E-state index contributed by atoms with van der Waals surface area (Å²) in [5.41, 5.74) is 2.33. The van der Waals surface area contributed by atoms with Crippen LogP contribution in [0.4, 0.5) is 15.9 Å². The molecule has 1 aliphatic rings. The van der Waals surface area contributed by atoms with Crippen molar-refractivity contribution >= 4 is 22.5 Å². The predicted molar refractivity (Wildman–Crippen MR) is 104 cm³/mol. The lowest BCUT2D eigenvalue weighted by atomic mass is 10.1. The van der Waals surface area contributed by atoms with Crippen molar-refractivity contribution in [2.24, 2.45) is 0 Å². The minimum atomic E-state index is -0.989. The number of anilines is 2. The van der Waals surface area contributed by atoms with E-state index >= 15 is 0 Å². The maximum atomic E-state index is 14.1. The number of rotatable bonds is 3. The van der Waals surface area contributed by atoms with E-state index < -0.39 is 5.92 Å². The van der Waals surface area contributed by atoms with Gasteiger partial charge in [-0.1, -0.05) is 24.3 Å². The Kier molecular flexibility index (Phi) is 4.74. The van der Waals surface area contributed by atoms with E-state index in [9.17, 15) is 14.9 Å². The van der Waals surface area contributed by atoms with Gasteiger partial charge in [0.05, 0.1) is 28.9 Å². The summed E-state index contributed by atoms with van der Waals surface area (Å²) in [7, 11) is 0. The molecule has 0 N–H and O–H groups in total. The Morgan fingerprint density at radius 1 is 0.821 bits per heavy atom. The second-order valence-electron chi connectivity index (χ2n) is 6.54. The maximum Gasteiger partial charge on any atom is 0.178 e. The summed E-state index contributed by atoms with van der Waals surface area (Å²) in [6.07, 6.45) is 0. The van der Waals surface area contributed by atoms with Gasteiger partial charge in [-0.15, -0.1) is 0 Å². The first-order chi connectivity index (χ1) is 13.7. The lowest BCUT2D eigenvalue weighted by molar-refractivity contribution is 0.595. The quantitative estimate of drug-likeness (QED) is 0.702. The van der Waals surface area contributed by atoms with Crippen molar-refractivity contribution < 1.29 is 4.39 Å². The lowest BCUT2D eigenvalue weighted by Gasteiger charge is -2.37. The Morgan fingerprint density at radius 2 is 1.39 bits per heavy atom. The van der Waals surface area contributed by atoms with Gasteiger partial charge in [0.2, 0.25) is 0 Å². The molecular formula is C21H17FN6. The highest BCUT2D eigenvalue weighted by Crippen LogP contribution is 2.28. The van der Waals surface area contributed by atoms with Crippen LogP contribution in [-0.2, 0) is 0 Å². The van der Waals surface area contributed by atoms with Gasteiger partial charge >= 0.3 is 0 Å². The second-order valence-corrected chi connectivity index (χ2v) is 6.54. The van der Waals surface area contributed by atoms with Crippen LogP contribution in [0.15, 0.2) is 48.5 Å². The van der Waals surface area contributed by atoms with Crippen molar-refractivity contribution in [2.45, 2.75) is 5.92 Å². The number of hydrogen-bond donors (Lipinski definition) is 0. The monoisotopic (exact) mass is 372 g/mol. The molecule has 1 fully saturated rings. The van der Waals surface area contributed by atoms with Gasteiger partial charge in [0, 0.05) is 26.2 Å². The van der Waals surface area contributed by atoms with Crippen LogP contribution in [0, 0.1) is 28.5 Å². The third-order valence-corrected chi connectivity index (χ3v) is 4.88. The molecule has 1 saturated heterocycles. The number of aromatic nitrogens is 2. The maximum absolute atomic E-state index is 14.1. The minimum absolute atomic E-state index is 0.240. The molecule has 3 aromatic rings. The Hall–Kier alpha value is -3.71. The normalized spacial score (nSPS) is 14.1. The Bertz CT molecular complexity index is 1080. The van der Waals surface area contributed by atoms with Gasteiger partial charge in [-0.2, -0.15) is 10.5 Å². The van der Waals surface area contributed by atoms with E-state index in [1.165, 1.54) is 6.07 Å². The molecule has 0 atom stereocenters. The number of fused-ring (bicyclic) bond motifs is 1. The Balaban J connectivity index is 1.66. The molecule has 28 heavy (non-hydrogen) atoms. The summed E-state index contributed by atoms with van der Waals surface area (Å²) in [6.45, 7) is 2.41. The van der Waals surface area contributed by atoms with Crippen LogP contribution < -0.4 is 9.80 Å². The van der Waals surface area contributed by atoms with Gasteiger partial charge in [0.15, 0.2) is 11.7 Å². The number of nitrogens with zero attached hydrogens (tertiary/aromatic N) is 6. The number of hydrogen-bond acceptors (Lipinski definition) is 6. The highest BCUT2D eigenvalue weighted by molar-refractivity contribution is 5.77. The molecule has 6 nitrogen and oxygen atoms in total. The molecule has 0 radical (unpaired) electrons. The highest BCUT2D eigenvalue weighted by atomic mass is 19.1. The standard InChI is InChI=1S/C21H17FN6/c22-16-5-1-4-8-19(16)27-9-11-28(12-10-27)21-20(15(13-23)14-24)25-17-6-2-3-7-18(17)26-21/h1-8,15H,9-12H2. The molecule has 0 saturated carbocycles. The first-order valence-corrected chi connectivity index (χ1v) is 9.01. The zero-order chi connectivity index (χ0) is 19.5. The van der Waals surface area contributed by atoms with E-state index in [0.29, 0.717) is 54.4 Å². The van der Waals surface area contributed by atoms with Crippen molar-refractivity contribution in [1.82, 2.24) is 9.97 Å². The van der Waals surface area contributed by atoms with Crippen molar-refractivity contribution in [1.29, 1.82) is 10.5 Å². The van der Waals surface area contributed by atoms with Crippen LogP contribution >= 0.6 is 0 Å². The molecule has 0 aliphatic carbocycles. The van der Waals surface area contributed by atoms with Gasteiger partial charge < -0.3 is 9.80 Å². The first-order valence-electron chi connectivity index (χ1n) is 9.01. The molecule has 0 unspecified atom stereocenters. The summed E-state index contributed by atoms with van der Waals surface area (Å²) in [4.78, 5) is 13.3. The zero-order valence-electron chi connectivity index (χ0n) is 15.1. The van der Waals surface area contributed by atoms with Gasteiger partial charge in [-0.25, -0.2) is 14.4 Å². The molecular weight excluding hydrogens is 355 g/mol. The molecule has 0 spiro atoms. The molecule has 2 aromatic carbocycles. The van der Waals surface area contributed by atoms with Crippen molar-refractivity contribution in [2.75, 3.05) is 36.0 Å². The fraction of sp³-hybridized carbons (Fsp3) is 0.238. The van der Waals surface area contributed by atoms with Crippen LogP contribution in [-0.4, -0.2) is 36.1 Å². The van der Waals surface area contributed by atoms with Gasteiger partial charge in [0.25, 0.3) is 0 Å². The number of para-hydroxylation sites is 3. The number of benzene rings is 2. The van der Waals surface area contributed by atoms with Crippen LogP contribution in [0.25, 0.3) is 11.0 Å². The van der Waals surface area contributed by atoms with Crippen molar-refractivity contribution in [3.8, 4) is 12.1 Å². The molecule has 1 aromatic heterocycles. The van der Waals surface area contributed by atoms with Gasteiger partial charge in [-0.05, 0) is 24.3 Å². The average Bonchev–Trinajstić information content (AvgIpc) is 2.75. The van der Waals surface area contributed by atoms with Gasteiger partial charge in [-0.3, -0.25) is 0 Å². The summed E-state index contributed by atoms with van der Waals surface area (Å²) in [6, 6.07) is 18.1. The fourth-order valence-electron chi connectivity index (χ4n) is 3.45. The Labute approximate surface area is 162 Å². The van der Waals surface area contributed by atoms with Crippen LogP contribution in [0.2, 0.25) is 0 Å². The molecule has 7 heteroatoms. The second kappa shape index (κ2) is 7.50. The summed E-state index contributed by atoms with van der Waals surface area (Å²) < 4.78 is 14.1. The van der Waals surface area contributed by atoms with Crippen LogP contribution in [0.3, 0.4) is 0 Å². The third kappa shape index (κ3) is 3.19. The number of halogens is 1. The van der Waals surface area contributed by atoms with E-state index in [1.807, 2.05) is 52.3 Å². The van der Waals surface area contributed by atoms with Crippen LogP contribution in [0.1, 0.15) is 11.6 Å². The highest BCUT2D eigenvalue weighted by Gasteiger charge is 2.26. The van der Waals surface area contributed by atoms with Crippen LogP contribution in [0.5, 0.6) is 0 Å². The van der Waals surface area contributed by atoms with Gasteiger partial charge in [0.1, 0.15) is 11.5 Å². The van der Waals surface area contributed by atoms with E-state index in [-0.39, 0.29) is 5.82 Å². The zero-order valence-corrected chi connectivity index (χ0v) is 15.1. The molecule has 0 bridgehead atoms.